The van der Waals surface area contributed by atoms with Crippen LogP contribution in [0.25, 0.3) is 28.0 Å². The van der Waals surface area contributed by atoms with Crippen LogP contribution >= 0.6 is 0 Å². The maximum atomic E-state index is 5.79. The van der Waals surface area contributed by atoms with E-state index in [2.05, 4.69) is 37.3 Å². The monoisotopic (exact) mass is 222 g/mol. The zero-order valence-corrected chi connectivity index (χ0v) is 9.81. The van der Waals surface area contributed by atoms with Crippen molar-refractivity contribution < 1.29 is 4.42 Å². The lowest BCUT2D eigenvalue weighted by Gasteiger charge is -1.93. The molecule has 0 radical (unpaired) electrons. The summed E-state index contributed by atoms with van der Waals surface area (Å²) in [5, 5.41) is 2.38. The predicted molar refractivity (Wildman–Crippen MR) is 73.0 cm³/mol. The first-order valence-electron chi connectivity index (χ1n) is 5.96. The fraction of sp³-hybridized carbons (Fsp3) is 0.125. The smallest absolute Gasteiger partial charge is 0.135 e. The Labute approximate surface area is 100 Å². The Kier molecular flexibility index (Phi) is 2.45. The lowest BCUT2D eigenvalue weighted by atomic mass is 10.1. The Bertz CT molecular complexity index is 689. The molecule has 0 fully saturated rings. The third kappa shape index (κ3) is 1.74. The molecule has 1 heterocycles. The number of hydrogen-bond donors (Lipinski definition) is 0. The first kappa shape index (κ1) is 10.2. The van der Waals surface area contributed by atoms with Gasteiger partial charge in [-0.05, 0) is 30.2 Å². The zero-order chi connectivity index (χ0) is 11.7. The fourth-order valence-corrected chi connectivity index (χ4v) is 2.10. The Morgan fingerprint density at radius 3 is 2.71 bits per heavy atom. The van der Waals surface area contributed by atoms with Gasteiger partial charge in [-0.25, -0.2) is 0 Å². The molecule has 0 atom stereocenters. The van der Waals surface area contributed by atoms with E-state index >= 15 is 0 Å². The van der Waals surface area contributed by atoms with Crippen molar-refractivity contribution in [3.05, 3.63) is 54.1 Å². The fourth-order valence-electron chi connectivity index (χ4n) is 2.10. The minimum atomic E-state index is 0.958. The van der Waals surface area contributed by atoms with Crippen LogP contribution in [0.4, 0.5) is 0 Å². The van der Waals surface area contributed by atoms with Crippen molar-refractivity contribution in [2.24, 2.45) is 0 Å². The second kappa shape index (κ2) is 4.10. The number of furan rings is 1. The second-order valence-electron chi connectivity index (χ2n) is 4.16. The second-order valence-corrected chi connectivity index (χ2v) is 4.16. The average Bonchev–Trinajstić information content (AvgIpc) is 2.74. The molecule has 3 rings (SSSR count). The lowest BCUT2D eigenvalue weighted by Crippen LogP contribution is -1.71. The van der Waals surface area contributed by atoms with Crippen LogP contribution < -0.4 is 0 Å². The highest BCUT2D eigenvalue weighted by atomic mass is 16.3. The molecule has 0 aliphatic carbocycles. The number of fused-ring (bicyclic) bond motifs is 3. The van der Waals surface area contributed by atoms with Crippen molar-refractivity contribution in [1.82, 2.24) is 0 Å². The van der Waals surface area contributed by atoms with Crippen molar-refractivity contribution in [3.63, 3.8) is 0 Å². The molecule has 0 amide bonds. The quantitative estimate of drug-likeness (QED) is 0.594. The molecule has 0 spiro atoms. The summed E-state index contributed by atoms with van der Waals surface area (Å²) in [5.41, 5.74) is 3.14. The molecule has 1 nitrogen and oxygen atoms in total. The molecule has 84 valence electrons. The summed E-state index contributed by atoms with van der Waals surface area (Å²) in [6.07, 6.45) is 5.38. The maximum absolute atomic E-state index is 5.79. The first-order valence-corrected chi connectivity index (χ1v) is 5.96. The van der Waals surface area contributed by atoms with Crippen molar-refractivity contribution >= 4 is 28.0 Å². The van der Waals surface area contributed by atoms with Crippen LogP contribution in [-0.2, 0) is 0 Å². The van der Waals surface area contributed by atoms with E-state index < -0.39 is 0 Å². The highest BCUT2D eigenvalue weighted by Gasteiger charge is 2.05. The van der Waals surface area contributed by atoms with Crippen LogP contribution in [0.1, 0.15) is 18.9 Å². The van der Waals surface area contributed by atoms with Crippen LogP contribution in [-0.4, -0.2) is 0 Å². The molecule has 0 saturated carbocycles. The van der Waals surface area contributed by atoms with Crippen molar-refractivity contribution in [3.8, 4) is 0 Å². The van der Waals surface area contributed by atoms with Crippen LogP contribution in [0.3, 0.4) is 0 Å². The molecule has 0 unspecified atom stereocenters. The van der Waals surface area contributed by atoms with Gasteiger partial charge in [-0.3, -0.25) is 0 Å². The summed E-state index contributed by atoms with van der Waals surface area (Å²) in [6.45, 7) is 2.14. The van der Waals surface area contributed by atoms with Gasteiger partial charge in [0.05, 0.1) is 0 Å². The molecule has 1 aromatic heterocycles. The number of benzene rings is 2. The van der Waals surface area contributed by atoms with Gasteiger partial charge in [0.15, 0.2) is 0 Å². The topological polar surface area (TPSA) is 13.1 Å². The third-order valence-corrected chi connectivity index (χ3v) is 2.95. The zero-order valence-electron chi connectivity index (χ0n) is 9.81. The number of hydrogen-bond acceptors (Lipinski definition) is 1. The molecule has 0 aliphatic heterocycles. The van der Waals surface area contributed by atoms with E-state index in [0.717, 1.165) is 17.6 Å². The molecule has 0 aliphatic rings. The number of allylic oxidation sites excluding steroid dienone is 1. The van der Waals surface area contributed by atoms with Gasteiger partial charge in [0.2, 0.25) is 0 Å². The Morgan fingerprint density at radius 1 is 1.00 bits per heavy atom. The largest absolute Gasteiger partial charge is 0.456 e. The standard InChI is InChI=1S/C16H14O/c1-2-3-6-12-9-10-16-14(11-12)13-7-4-5-8-15(13)17-16/h3-11H,2H2,1H3. The van der Waals surface area contributed by atoms with Crippen LogP contribution in [0, 0.1) is 0 Å². The highest BCUT2D eigenvalue weighted by molar-refractivity contribution is 6.05. The maximum Gasteiger partial charge on any atom is 0.135 e. The van der Waals surface area contributed by atoms with Gasteiger partial charge >= 0.3 is 0 Å². The molecule has 17 heavy (non-hydrogen) atoms. The van der Waals surface area contributed by atoms with E-state index in [-0.39, 0.29) is 0 Å². The number of rotatable bonds is 2. The summed E-state index contributed by atoms with van der Waals surface area (Å²) >= 11 is 0. The summed E-state index contributed by atoms with van der Waals surface area (Å²) in [4.78, 5) is 0. The molecule has 2 aromatic carbocycles. The lowest BCUT2D eigenvalue weighted by molar-refractivity contribution is 0.669. The van der Waals surface area contributed by atoms with Crippen molar-refractivity contribution in [1.29, 1.82) is 0 Å². The normalized spacial score (nSPS) is 11.8. The Balaban J connectivity index is 2.26. The summed E-state index contributed by atoms with van der Waals surface area (Å²) in [5.74, 6) is 0. The van der Waals surface area contributed by atoms with E-state index in [1.807, 2.05) is 24.3 Å². The number of para-hydroxylation sites is 1. The van der Waals surface area contributed by atoms with Gasteiger partial charge in [0, 0.05) is 10.8 Å². The average molecular weight is 222 g/mol. The minimum Gasteiger partial charge on any atom is -0.456 e. The summed E-state index contributed by atoms with van der Waals surface area (Å²) in [6, 6.07) is 14.5. The molecule has 1 heteroatoms. The molecular formula is C16H14O. The van der Waals surface area contributed by atoms with E-state index in [4.69, 9.17) is 4.42 Å². The van der Waals surface area contributed by atoms with Crippen molar-refractivity contribution in [2.45, 2.75) is 13.3 Å². The van der Waals surface area contributed by atoms with Gasteiger partial charge in [0.1, 0.15) is 11.2 Å². The molecule has 0 bridgehead atoms. The Hall–Kier alpha value is -2.02. The van der Waals surface area contributed by atoms with Gasteiger partial charge in [0.25, 0.3) is 0 Å². The molecule has 3 aromatic rings. The van der Waals surface area contributed by atoms with E-state index in [1.54, 1.807) is 0 Å². The minimum absolute atomic E-state index is 0.958. The summed E-state index contributed by atoms with van der Waals surface area (Å²) in [7, 11) is 0. The SMILES string of the molecule is CCC=Cc1ccc2oc3ccccc3c2c1. The first-order chi connectivity index (χ1) is 8.38. The van der Waals surface area contributed by atoms with Crippen LogP contribution in [0.5, 0.6) is 0 Å². The van der Waals surface area contributed by atoms with Crippen LogP contribution in [0.15, 0.2) is 53.0 Å². The van der Waals surface area contributed by atoms with Crippen molar-refractivity contribution in [2.75, 3.05) is 0 Å². The predicted octanol–water partition coefficient (Wildman–Crippen LogP) is 5.01. The van der Waals surface area contributed by atoms with Crippen LogP contribution in [0.2, 0.25) is 0 Å². The Morgan fingerprint density at radius 2 is 1.82 bits per heavy atom. The van der Waals surface area contributed by atoms with Gasteiger partial charge in [-0.1, -0.05) is 43.3 Å². The van der Waals surface area contributed by atoms with E-state index in [9.17, 15) is 0 Å². The summed E-state index contributed by atoms with van der Waals surface area (Å²) < 4.78 is 5.79. The van der Waals surface area contributed by atoms with E-state index in [0.29, 0.717) is 0 Å². The highest BCUT2D eigenvalue weighted by Crippen LogP contribution is 2.29. The molecular weight excluding hydrogens is 208 g/mol. The van der Waals surface area contributed by atoms with Gasteiger partial charge in [-0.15, -0.1) is 0 Å². The third-order valence-electron chi connectivity index (χ3n) is 2.95. The van der Waals surface area contributed by atoms with Gasteiger partial charge in [-0.2, -0.15) is 0 Å². The van der Waals surface area contributed by atoms with E-state index in [1.165, 1.54) is 16.3 Å². The van der Waals surface area contributed by atoms with Gasteiger partial charge < -0.3 is 4.42 Å². The molecule has 0 N–H and O–H groups in total. The molecule has 0 saturated heterocycles.